The molecule has 1 fully saturated rings. The van der Waals surface area contributed by atoms with Crippen molar-refractivity contribution in [2.45, 2.75) is 0 Å². The predicted molar refractivity (Wildman–Crippen MR) is 141 cm³/mol. The van der Waals surface area contributed by atoms with Gasteiger partial charge in [0.15, 0.2) is 11.5 Å². The zero-order valence-corrected chi connectivity index (χ0v) is 21.5. The Labute approximate surface area is 217 Å². The molecule has 2 heterocycles. The second-order valence-corrected chi connectivity index (χ2v) is 7.97. The Morgan fingerprint density at radius 2 is 1.57 bits per heavy atom. The number of rotatable bonds is 9. The van der Waals surface area contributed by atoms with Crippen molar-refractivity contribution < 1.29 is 23.7 Å². The van der Waals surface area contributed by atoms with E-state index in [0.29, 0.717) is 40.6 Å². The molecule has 1 aliphatic heterocycles. The molecule has 8 nitrogen and oxygen atoms in total. The fraction of sp³-hybridized carbons (Fsp3) is 0.400. The van der Waals surface area contributed by atoms with Gasteiger partial charge in [-0.15, -0.1) is 24.8 Å². The largest absolute Gasteiger partial charge is 0.493 e. The number of aliphatic hydroxyl groups is 1. The molecule has 35 heavy (non-hydrogen) atoms. The Morgan fingerprint density at radius 1 is 0.886 bits per heavy atom. The number of hydrogen-bond donors (Lipinski definition) is 1. The van der Waals surface area contributed by atoms with Crippen molar-refractivity contribution in [3.8, 4) is 28.4 Å². The summed E-state index contributed by atoms with van der Waals surface area (Å²) in [7, 11) is 3.13. The molecule has 10 heteroatoms. The lowest BCUT2D eigenvalue weighted by molar-refractivity contribution is 0.102. The molecule has 2 aromatic carbocycles. The average molecular weight is 527 g/mol. The second kappa shape index (κ2) is 13.6. The van der Waals surface area contributed by atoms with Crippen LogP contribution in [0.25, 0.3) is 22.1 Å². The van der Waals surface area contributed by atoms with Gasteiger partial charge in [0, 0.05) is 50.7 Å². The predicted octanol–water partition coefficient (Wildman–Crippen LogP) is 3.31. The highest BCUT2D eigenvalue weighted by atomic mass is 35.5. The van der Waals surface area contributed by atoms with Crippen LogP contribution in [0.1, 0.15) is 0 Å². The number of nitrogens with zero attached hydrogens (tertiary/aromatic N) is 2. The molecule has 3 aromatic rings. The Hall–Kier alpha value is -2.49. The summed E-state index contributed by atoms with van der Waals surface area (Å²) in [5.74, 6) is 1.82. The highest BCUT2D eigenvalue weighted by Gasteiger charge is 2.16. The van der Waals surface area contributed by atoms with E-state index in [1.165, 1.54) is 0 Å². The third-order valence-electron chi connectivity index (χ3n) is 5.96. The Bertz CT molecular complexity index is 1150. The quantitative estimate of drug-likeness (QED) is 0.425. The molecule has 0 radical (unpaired) electrons. The monoisotopic (exact) mass is 526 g/mol. The van der Waals surface area contributed by atoms with Gasteiger partial charge in [0.05, 0.1) is 26.4 Å². The maximum Gasteiger partial charge on any atom is 0.344 e. The van der Waals surface area contributed by atoms with Crippen LogP contribution in [0.3, 0.4) is 0 Å². The fourth-order valence-electron chi connectivity index (χ4n) is 4.06. The smallest absolute Gasteiger partial charge is 0.344 e. The Kier molecular flexibility index (Phi) is 11.1. The van der Waals surface area contributed by atoms with E-state index >= 15 is 0 Å². The number of fused-ring (bicyclic) bond motifs is 1. The Balaban J connectivity index is 0.00000216. The summed E-state index contributed by atoms with van der Waals surface area (Å²) in [6.07, 6.45) is 0. The molecule has 1 saturated heterocycles. The molecule has 4 rings (SSSR count). The van der Waals surface area contributed by atoms with Crippen LogP contribution in [0.5, 0.6) is 17.2 Å². The Morgan fingerprint density at radius 3 is 2.23 bits per heavy atom. The first-order valence-corrected chi connectivity index (χ1v) is 11.1. The van der Waals surface area contributed by atoms with Crippen LogP contribution in [-0.4, -0.2) is 81.6 Å². The first kappa shape index (κ1) is 28.7. The maximum atomic E-state index is 12.7. The van der Waals surface area contributed by atoms with Crippen LogP contribution in [0, 0.1) is 0 Å². The lowest BCUT2D eigenvalue weighted by Gasteiger charge is -2.34. The number of hydrogen-bond acceptors (Lipinski definition) is 8. The van der Waals surface area contributed by atoms with E-state index in [2.05, 4.69) is 9.80 Å². The molecule has 0 bridgehead atoms. The van der Waals surface area contributed by atoms with Crippen LogP contribution in [0.4, 0.5) is 0 Å². The van der Waals surface area contributed by atoms with Gasteiger partial charge >= 0.3 is 5.63 Å². The van der Waals surface area contributed by atoms with E-state index in [4.69, 9.17) is 23.7 Å². The summed E-state index contributed by atoms with van der Waals surface area (Å²) in [5, 5.41) is 9.86. The van der Waals surface area contributed by atoms with Crippen molar-refractivity contribution in [1.29, 1.82) is 0 Å². The van der Waals surface area contributed by atoms with Crippen LogP contribution in [0.15, 0.2) is 51.7 Å². The molecule has 0 amide bonds. The van der Waals surface area contributed by atoms with Crippen molar-refractivity contribution in [1.82, 2.24) is 9.80 Å². The molecule has 0 unspecified atom stereocenters. The zero-order valence-electron chi connectivity index (χ0n) is 19.9. The topological polar surface area (TPSA) is 84.6 Å². The molecular weight excluding hydrogens is 495 g/mol. The summed E-state index contributed by atoms with van der Waals surface area (Å²) in [6.45, 7) is 6.18. The van der Waals surface area contributed by atoms with Gasteiger partial charge in [0.1, 0.15) is 17.9 Å². The van der Waals surface area contributed by atoms with E-state index in [0.717, 1.165) is 44.7 Å². The second-order valence-electron chi connectivity index (χ2n) is 7.97. The van der Waals surface area contributed by atoms with Crippen molar-refractivity contribution >= 4 is 35.8 Å². The van der Waals surface area contributed by atoms with Crippen molar-refractivity contribution in [3.63, 3.8) is 0 Å². The zero-order chi connectivity index (χ0) is 23.2. The van der Waals surface area contributed by atoms with Crippen LogP contribution in [-0.2, 0) is 0 Å². The summed E-state index contributed by atoms with van der Waals surface area (Å²) in [4.78, 5) is 17.3. The van der Waals surface area contributed by atoms with Gasteiger partial charge in [0.25, 0.3) is 0 Å². The molecule has 1 N–H and O–H groups in total. The summed E-state index contributed by atoms with van der Waals surface area (Å²) in [6, 6.07) is 12.7. The lowest BCUT2D eigenvalue weighted by Crippen LogP contribution is -2.48. The molecule has 0 aliphatic carbocycles. The van der Waals surface area contributed by atoms with Gasteiger partial charge < -0.3 is 23.7 Å². The van der Waals surface area contributed by atoms with E-state index in [1.807, 2.05) is 18.2 Å². The van der Waals surface area contributed by atoms with E-state index in [9.17, 15) is 4.79 Å². The third kappa shape index (κ3) is 7.02. The van der Waals surface area contributed by atoms with E-state index in [-0.39, 0.29) is 31.4 Å². The van der Waals surface area contributed by atoms with Crippen LogP contribution in [0.2, 0.25) is 0 Å². The highest BCUT2D eigenvalue weighted by Crippen LogP contribution is 2.32. The van der Waals surface area contributed by atoms with Crippen molar-refractivity contribution in [2.24, 2.45) is 0 Å². The number of methoxy groups -OCH3 is 2. The molecule has 0 atom stereocenters. The summed E-state index contributed by atoms with van der Waals surface area (Å²) in [5.41, 5.74) is 1.21. The van der Waals surface area contributed by atoms with E-state index in [1.54, 1.807) is 38.5 Å². The highest BCUT2D eigenvalue weighted by molar-refractivity contribution is 5.85. The first-order chi connectivity index (χ1) is 16.1. The van der Waals surface area contributed by atoms with Crippen LogP contribution >= 0.6 is 24.8 Å². The number of piperazine rings is 1. The van der Waals surface area contributed by atoms with E-state index < -0.39 is 5.63 Å². The summed E-state index contributed by atoms with van der Waals surface area (Å²) >= 11 is 0. The standard InChI is InChI=1S/C25H30N2O6.2ClH/c1-30-22-6-4-18(16-24(22)31-2)21-15-19-3-5-20(17-23(19)33-25(21)29)32-14-12-27-9-7-26(8-10-27)11-13-28;;/h3-6,15-17,28H,7-14H2,1-2H3;2*1H. The number of halogens is 2. The maximum absolute atomic E-state index is 12.7. The van der Waals surface area contributed by atoms with Crippen molar-refractivity contribution in [2.75, 3.05) is 66.7 Å². The van der Waals surface area contributed by atoms with Gasteiger partial charge in [-0.3, -0.25) is 9.80 Å². The normalized spacial score (nSPS) is 14.1. The minimum atomic E-state index is -0.423. The number of benzene rings is 2. The minimum Gasteiger partial charge on any atom is -0.493 e. The first-order valence-electron chi connectivity index (χ1n) is 11.1. The van der Waals surface area contributed by atoms with Gasteiger partial charge in [-0.05, 0) is 35.9 Å². The third-order valence-corrected chi connectivity index (χ3v) is 5.96. The SMILES string of the molecule is COc1ccc(-c2cc3ccc(OCCN4CCN(CCO)CC4)cc3oc2=O)cc1OC.Cl.Cl. The molecule has 1 aromatic heterocycles. The van der Waals surface area contributed by atoms with Crippen molar-refractivity contribution in [3.05, 3.63) is 52.9 Å². The van der Waals surface area contributed by atoms with Gasteiger partial charge in [-0.2, -0.15) is 0 Å². The average Bonchev–Trinajstić information content (AvgIpc) is 2.84. The fourth-order valence-corrected chi connectivity index (χ4v) is 4.06. The van der Waals surface area contributed by atoms with Gasteiger partial charge in [0.2, 0.25) is 0 Å². The molecule has 192 valence electrons. The molecule has 1 aliphatic rings. The van der Waals surface area contributed by atoms with Gasteiger partial charge in [-0.1, -0.05) is 6.07 Å². The number of aliphatic hydroxyl groups excluding tert-OH is 1. The number of β-amino-alcohol motifs (C(OH)–C–C–N with tert-alkyl or cyclic N) is 1. The molecular formula is C25H32Cl2N2O6. The number of ether oxygens (including phenoxy) is 3. The van der Waals surface area contributed by atoms with Gasteiger partial charge in [-0.25, -0.2) is 4.79 Å². The summed E-state index contributed by atoms with van der Waals surface area (Å²) < 4.78 is 22.1. The molecule has 0 saturated carbocycles. The molecule has 0 spiro atoms. The minimum absolute atomic E-state index is 0. The lowest BCUT2D eigenvalue weighted by atomic mass is 10.1. The van der Waals surface area contributed by atoms with Crippen LogP contribution < -0.4 is 19.8 Å².